The van der Waals surface area contributed by atoms with Crippen molar-refractivity contribution in [3.05, 3.63) is 81.5 Å². The third kappa shape index (κ3) is 4.71. The molecular formula is C23H23ClN4O2. The number of halogens is 1. The van der Waals surface area contributed by atoms with Crippen LogP contribution in [0, 0.1) is 20.8 Å². The number of oxime groups is 1. The van der Waals surface area contributed by atoms with E-state index >= 15 is 0 Å². The number of aryl methyl sites for hydroxylation is 3. The Morgan fingerprint density at radius 2 is 1.97 bits per heavy atom. The Morgan fingerprint density at radius 3 is 2.77 bits per heavy atom. The average Bonchev–Trinajstić information content (AvgIpc) is 2.72. The number of amidine groups is 1. The van der Waals surface area contributed by atoms with Gasteiger partial charge in [-0.05, 0) is 62.6 Å². The highest BCUT2D eigenvalue weighted by atomic mass is 35.5. The molecule has 1 aliphatic rings. The Morgan fingerprint density at radius 1 is 1.10 bits per heavy atom. The number of benzene rings is 2. The molecule has 0 saturated carbocycles. The van der Waals surface area contributed by atoms with Gasteiger partial charge in [-0.25, -0.2) is 0 Å². The number of ether oxygens (including phenoxy) is 1. The van der Waals surface area contributed by atoms with Crippen LogP contribution in [-0.4, -0.2) is 28.7 Å². The summed E-state index contributed by atoms with van der Waals surface area (Å²) in [6.07, 6.45) is 0.826. The Labute approximate surface area is 180 Å². The molecule has 2 heterocycles. The molecule has 1 atom stereocenters. The van der Waals surface area contributed by atoms with E-state index in [1.54, 1.807) is 12.1 Å². The van der Waals surface area contributed by atoms with Crippen LogP contribution in [0.15, 0.2) is 53.7 Å². The molecule has 3 aromatic rings. The number of hydrogen-bond acceptors (Lipinski definition) is 6. The molecule has 0 unspecified atom stereocenters. The van der Waals surface area contributed by atoms with Gasteiger partial charge in [-0.2, -0.15) is 5.10 Å². The topological polar surface area (TPSA) is 68.6 Å². The maximum Gasteiger partial charge on any atom is 0.250 e. The van der Waals surface area contributed by atoms with Crippen molar-refractivity contribution in [2.24, 2.45) is 5.16 Å². The predicted molar refractivity (Wildman–Crippen MR) is 117 cm³/mol. The van der Waals surface area contributed by atoms with Crippen LogP contribution in [0.1, 0.15) is 27.9 Å². The van der Waals surface area contributed by atoms with Gasteiger partial charge in [-0.1, -0.05) is 46.6 Å². The van der Waals surface area contributed by atoms with E-state index in [2.05, 4.69) is 52.7 Å². The molecule has 30 heavy (non-hydrogen) atoms. The Kier molecular flexibility index (Phi) is 5.86. The highest BCUT2D eigenvalue weighted by molar-refractivity contribution is 6.30. The second kappa shape index (κ2) is 8.71. The van der Waals surface area contributed by atoms with Gasteiger partial charge in [0.05, 0.1) is 17.3 Å². The number of hydrogen-bond donors (Lipinski definition) is 1. The molecule has 0 amide bonds. The first-order chi connectivity index (χ1) is 14.5. The number of aromatic nitrogens is 2. The fourth-order valence-corrected chi connectivity index (χ4v) is 3.58. The van der Waals surface area contributed by atoms with Crippen LogP contribution >= 0.6 is 11.6 Å². The largest absolute Gasteiger partial charge is 0.437 e. The lowest BCUT2D eigenvalue weighted by molar-refractivity contribution is 0.109. The Balaban J connectivity index is 1.57. The molecule has 6 nitrogen and oxygen atoms in total. The van der Waals surface area contributed by atoms with E-state index < -0.39 is 0 Å². The standard InChI is InChI=1S/C23H23ClN4O2/c1-14-7-8-17(15(2)9-14)11-19-13-29-28-22(25-19)21-10-16(3)26-27-23(21)30-20-6-4-5-18(24)12-20/h4-10,12,19H,11,13H2,1-3H3,(H,25,28)/t19-/m1/s1. The van der Waals surface area contributed by atoms with E-state index in [9.17, 15) is 0 Å². The van der Waals surface area contributed by atoms with Gasteiger partial charge in [0, 0.05) is 5.02 Å². The number of nitrogens with zero attached hydrogens (tertiary/aromatic N) is 3. The first-order valence-electron chi connectivity index (χ1n) is 9.78. The third-order valence-corrected chi connectivity index (χ3v) is 5.12. The third-order valence-electron chi connectivity index (χ3n) is 4.88. The second-order valence-corrected chi connectivity index (χ2v) is 7.91. The van der Waals surface area contributed by atoms with Crippen LogP contribution in [0.2, 0.25) is 5.02 Å². The first kappa shape index (κ1) is 20.2. The quantitative estimate of drug-likeness (QED) is 0.643. The smallest absolute Gasteiger partial charge is 0.250 e. The van der Waals surface area contributed by atoms with Crippen LogP contribution in [0.4, 0.5) is 0 Å². The highest BCUT2D eigenvalue weighted by Crippen LogP contribution is 2.26. The molecule has 7 heteroatoms. The van der Waals surface area contributed by atoms with Crippen LogP contribution < -0.4 is 10.1 Å². The van der Waals surface area contributed by atoms with Crippen molar-refractivity contribution in [2.45, 2.75) is 33.2 Å². The average molecular weight is 423 g/mol. The lowest BCUT2D eigenvalue weighted by Crippen LogP contribution is -2.43. The van der Waals surface area contributed by atoms with E-state index in [1.165, 1.54) is 16.7 Å². The zero-order valence-corrected chi connectivity index (χ0v) is 17.9. The zero-order valence-electron chi connectivity index (χ0n) is 17.1. The van der Waals surface area contributed by atoms with E-state index in [0.717, 1.165) is 12.1 Å². The minimum Gasteiger partial charge on any atom is -0.437 e. The van der Waals surface area contributed by atoms with E-state index in [0.29, 0.717) is 34.7 Å². The molecule has 154 valence electrons. The molecule has 0 bridgehead atoms. The maximum atomic E-state index is 6.07. The minimum atomic E-state index is 0.0754. The van der Waals surface area contributed by atoms with Gasteiger partial charge < -0.3 is 14.9 Å². The summed E-state index contributed by atoms with van der Waals surface area (Å²) in [4.78, 5) is 5.55. The molecule has 0 spiro atoms. The van der Waals surface area contributed by atoms with Crippen molar-refractivity contribution in [1.29, 1.82) is 0 Å². The predicted octanol–water partition coefficient (Wildman–Crippen LogP) is 4.74. The van der Waals surface area contributed by atoms with Gasteiger partial charge in [0.2, 0.25) is 5.88 Å². The second-order valence-electron chi connectivity index (χ2n) is 7.47. The normalized spacial score (nSPS) is 15.7. The van der Waals surface area contributed by atoms with Crippen molar-refractivity contribution in [1.82, 2.24) is 15.5 Å². The Hall–Kier alpha value is -3.12. The van der Waals surface area contributed by atoms with E-state index in [4.69, 9.17) is 21.2 Å². The van der Waals surface area contributed by atoms with Crippen molar-refractivity contribution < 1.29 is 9.57 Å². The van der Waals surface area contributed by atoms with Crippen LogP contribution in [0.25, 0.3) is 0 Å². The monoisotopic (exact) mass is 422 g/mol. The summed E-state index contributed by atoms with van der Waals surface area (Å²) in [5.74, 6) is 1.49. The minimum absolute atomic E-state index is 0.0754. The Bertz CT molecular complexity index is 1100. The fraction of sp³-hybridized carbons (Fsp3) is 0.261. The first-order valence-corrected chi connectivity index (χ1v) is 10.2. The van der Waals surface area contributed by atoms with Gasteiger partial charge in [0.1, 0.15) is 12.4 Å². The summed E-state index contributed by atoms with van der Waals surface area (Å²) in [6.45, 7) is 6.59. The van der Waals surface area contributed by atoms with Gasteiger partial charge in [0.25, 0.3) is 0 Å². The van der Waals surface area contributed by atoms with Gasteiger partial charge in [-0.15, -0.1) is 5.10 Å². The summed E-state index contributed by atoms with van der Waals surface area (Å²) >= 11 is 6.07. The van der Waals surface area contributed by atoms with Crippen LogP contribution in [0.5, 0.6) is 11.6 Å². The molecule has 1 aliphatic heterocycles. The highest BCUT2D eigenvalue weighted by Gasteiger charge is 2.23. The molecule has 1 N–H and O–H groups in total. The van der Waals surface area contributed by atoms with Crippen LogP contribution in [-0.2, 0) is 11.3 Å². The molecular weight excluding hydrogens is 400 g/mol. The summed E-state index contributed by atoms with van der Waals surface area (Å²) in [7, 11) is 0. The van der Waals surface area contributed by atoms with Gasteiger partial charge in [-0.3, -0.25) is 0 Å². The van der Waals surface area contributed by atoms with Gasteiger partial charge >= 0.3 is 0 Å². The lowest BCUT2D eigenvalue weighted by atomic mass is 9.99. The van der Waals surface area contributed by atoms with E-state index in [-0.39, 0.29) is 6.04 Å². The van der Waals surface area contributed by atoms with Crippen molar-refractivity contribution >= 4 is 17.4 Å². The molecule has 2 aromatic carbocycles. The van der Waals surface area contributed by atoms with Crippen molar-refractivity contribution in [3.63, 3.8) is 0 Å². The molecule has 0 radical (unpaired) electrons. The fourth-order valence-electron chi connectivity index (χ4n) is 3.40. The van der Waals surface area contributed by atoms with Gasteiger partial charge in [0.15, 0.2) is 5.84 Å². The molecule has 0 saturated heterocycles. The SMILES string of the molecule is Cc1ccc(C[C@@H]2CON=C(c3cc(C)nnc3Oc3cccc(Cl)c3)N2)c(C)c1. The molecule has 0 fully saturated rings. The summed E-state index contributed by atoms with van der Waals surface area (Å²) in [5.41, 5.74) is 5.25. The molecule has 4 rings (SSSR count). The van der Waals surface area contributed by atoms with Crippen LogP contribution in [0.3, 0.4) is 0 Å². The summed E-state index contributed by atoms with van der Waals surface area (Å²) in [5, 5.41) is 16.6. The molecule has 0 aliphatic carbocycles. The number of nitrogens with one attached hydrogen (secondary N) is 1. The lowest BCUT2D eigenvalue weighted by Gasteiger charge is -2.25. The zero-order chi connectivity index (χ0) is 21.1. The summed E-state index contributed by atoms with van der Waals surface area (Å²) in [6, 6.07) is 15.6. The van der Waals surface area contributed by atoms with E-state index in [1.807, 2.05) is 25.1 Å². The van der Waals surface area contributed by atoms with Crippen molar-refractivity contribution in [2.75, 3.05) is 6.61 Å². The number of rotatable bonds is 5. The molecule has 1 aromatic heterocycles. The van der Waals surface area contributed by atoms with Crippen molar-refractivity contribution in [3.8, 4) is 11.6 Å². The summed E-state index contributed by atoms with van der Waals surface area (Å²) < 4.78 is 5.95. The maximum absolute atomic E-state index is 6.07.